The molecule has 7 nitrogen and oxygen atoms in total. The first kappa shape index (κ1) is 11.4. The van der Waals surface area contributed by atoms with E-state index < -0.39 is 15.8 Å². The molecule has 8 heteroatoms. The summed E-state index contributed by atoms with van der Waals surface area (Å²) in [5.74, 6) is -1.63. The topological polar surface area (TPSA) is 110 Å². The van der Waals surface area contributed by atoms with Gasteiger partial charge in [-0.3, -0.25) is 0 Å². The molecule has 1 heterocycles. The number of hydrogen-bond donors (Lipinski definition) is 1. The first-order valence-electron chi connectivity index (χ1n) is 3.78. The molecule has 0 atom stereocenters. The molecule has 0 bridgehead atoms. The summed E-state index contributed by atoms with van der Waals surface area (Å²) in [7, 11) is -3.23. The minimum absolute atomic E-state index is 0.0453. The third kappa shape index (κ3) is 4.36. The fourth-order valence-electron chi connectivity index (χ4n) is 0.759. The summed E-state index contributed by atoms with van der Waals surface area (Å²) in [5, 5.41) is 15.2. The molecule has 0 saturated carbocycles. The Morgan fingerprint density at radius 2 is 2.20 bits per heavy atom. The maximum Gasteiger partial charge on any atom is 0.328 e. The maximum absolute atomic E-state index is 10.8. The van der Waals surface area contributed by atoms with Crippen LogP contribution in [0.15, 0.2) is 10.5 Å². The average Bonchev–Trinajstić information content (AvgIpc) is 2.45. The highest BCUT2D eigenvalue weighted by atomic mass is 32.2. The van der Waals surface area contributed by atoms with E-state index in [4.69, 9.17) is 9.52 Å². The molecule has 82 valence electrons. The molecule has 0 aliphatic carbocycles. The average molecular weight is 232 g/mol. The maximum atomic E-state index is 10.8. The molecule has 1 aromatic rings. The van der Waals surface area contributed by atoms with E-state index in [1.165, 1.54) is 0 Å². The summed E-state index contributed by atoms with van der Waals surface area (Å²) in [4.78, 5) is 10.1. The van der Waals surface area contributed by atoms with Gasteiger partial charge in [-0.1, -0.05) is 0 Å². The second-order valence-corrected chi connectivity index (χ2v) is 4.92. The zero-order valence-corrected chi connectivity index (χ0v) is 8.56. The highest BCUT2D eigenvalue weighted by molar-refractivity contribution is 7.89. The van der Waals surface area contributed by atoms with E-state index >= 15 is 0 Å². The first-order chi connectivity index (χ1) is 6.87. The monoisotopic (exact) mass is 232 g/mol. The Labute approximate surface area is 85.3 Å². The molecule has 0 fully saturated rings. The van der Waals surface area contributed by atoms with E-state index in [9.17, 15) is 13.2 Å². The molecule has 15 heavy (non-hydrogen) atoms. The highest BCUT2D eigenvalue weighted by Gasteiger charge is 2.10. The van der Waals surface area contributed by atoms with Crippen LogP contribution >= 0.6 is 0 Å². The summed E-state index contributed by atoms with van der Waals surface area (Å²) in [5.41, 5.74) is 0. The Morgan fingerprint density at radius 3 is 2.73 bits per heavy atom. The lowest BCUT2D eigenvalue weighted by atomic mass is 10.5. The van der Waals surface area contributed by atoms with Crippen molar-refractivity contribution in [3.8, 4) is 0 Å². The minimum atomic E-state index is -3.23. The van der Waals surface area contributed by atoms with Crippen LogP contribution in [0.5, 0.6) is 0 Å². The molecule has 0 aliphatic rings. The number of aromatic nitrogens is 2. The Kier molecular flexibility index (Phi) is 3.20. The van der Waals surface area contributed by atoms with Gasteiger partial charge in [0, 0.05) is 18.4 Å². The summed E-state index contributed by atoms with van der Waals surface area (Å²) < 4.78 is 26.5. The van der Waals surface area contributed by atoms with Gasteiger partial charge in [-0.25, -0.2) is 13.2 Å². The molecule has 0 radical (unpaired) electrons. The highest BCUT2D eigenvalue weighted by Crippen LogP contribution is 2.05. The summed E-state index contributed by atoms with van der Waals surface area (Å²) in [6.45, 7) is 0. The Bertz CT molecular complexity index is 487. The van der Waals surface area contributed by atoms with Crippen LogP contribution in [0.4, 0.5) is 0 Å². The first-order valence-corrected chi connectivity index (χ1v) is 5.84. The van der Waals surface area contributed by atoms with E-state index in [2.05, 4.69) is 10.2 Å². The number of sulfone groups is 1. The van der Waals surface area contributed by atoms with Crippen LogP contribution in [0.1, 0.15) is 11.8 Å². The van der Waals surface area contributed by atoms with Crippen LogP contribution in [0.25, 0.3) is 6.08 Å². The fraction of sp³-hybridized carbons (Fsp3) is 0.286. The van der Waals surface area contributed by atoms with E-state index in [-0.39, 0.29) is 17.5 Å². The second-order valence-electron chi connectivity index (χ2n) is 2.78. The largest absolute Gasteiger partial charge is 0.478 e. The van der Waals surface area contributed by atoms with Crippen LogP contribution in [-0.4, -0.2) is 35.9 Å². The van der Waals surface area contributed by atoms with Crippen molar-refractivity contribution in [2.75, 3.05) is 6.26 Å². The van der Waals surface area contributed by atoms with Crippen LogP contribution < -0.4 is 0 Å². The van der Waals surface area contributed by atoms with Crippen LogP contribution in [0.2, 0.25) is 0 Å². The molecule has 0 aromatic carbocycles. The molecular formula is C7H8N2O5S. The summed E-state index contributed by atoms with van der Waals surface area (Å²) >= 11 is 0. The third-order valence-corrected chi connectivity index (χ3v) is 2.01. The summed E-state index contributed by atoms with van der Waals surface area (Å²) in [6, 6.07) is 0. The zero-order valence-electron chi connectivity index (χ0n) is 7.74. The number of hydrogen-bond acceptors (Lipinski definition) is 6. The van der Waals surface area contributed by atoms with E-state index in [0.717, 1.165) is 18.4 Å². The lowest BCUT2D eigenvalue weighted by Gasteiger charge is -1.89. The van der Waals surface area contributed by atoms with Gasteiger partial charge in [0.2, 0.25) is 11.8 Å². The lowest BCUT2D eigenvalue weighted by molar-refractivity contribution is -0.131. The van der Waals surface area contributed by atoms with E-state index in [0.29, 0.717) is 0 Å². The summed E-state index contributed by atoms with van der Waals surface area (Å²) in [6.07, 6.45) is 2.93. The number of carbonyl (C=O) groups is 1. The SMILES string of the molecule is CS(=O)(=O)Cc1nnc(/C=C/C(=O)O)o1. The number of aliphatic carboxylic acids is 1. The second kappa shape index (κ2) is 4.22. The van der Waals surface area contributed by atoms with Gasteiger partial charge in [-0.2, -0.15) is 0 Å². The van der Waals surface area contributed by atoms with E-state index in [1.54, 1.807) is 0 Å². The van der Waals surface area contributed by atoms with Crippen molar-refractivity contribution in [3.05, 3.63) is 17.9 Å². The standard InChI is InChI=1S/C7H8N2O5S/c1-15(12,13)4-6-9-8-5(14-6)2-3-7(10)11/h2-3H,4H2,1H3,(H,10,11)/b3-2+. The number of carboxylic acids is 1. The zero-order chi connectivity index (χ0) is 11.5. The van der Waals surface area contributed by atoms with Gasteiger partial charge in [-0.05, 0) is 0 Å². The Hall–Kier alpha value is -1.70. The predicted octanol–water partition coefficient (Wildman–Crippen LogP) is -0.288. The van der Waals surface area contributed by atoms with Crippen molar-refractivity contribution >= 4 is 21.9 Å². The molecule has 0 spiro atoms. The normalized spacial score (nSPS) is 12.1. The molecule has 0 amide bonds. The molecule has 0 aliphatic heterocycles. The van der Waals surface area contributed by atoms with E-state index in [1.807, 2.05) is 0 Å². The number of carboxylic acid groups (broad SMARTS) is 1. The molecule has 0 saturated heterocycles. The van der Waals surface area contributed by atoms with Gasteiger partial charge in [0.15, 0.2) is 9.84 Å². The quantitative estimate of drug-likeness (QED) is 0.710. The molecule has 1 rings (SSSR count). The molecule has 0 unspecified atom stereocenters. The van der Waals surface area contributed by atoms with Crippen molar-refractivity contribution in [3.63, 3.8) is 0 Å². The van der Waals surface area contributed by atoms with Crippen LogP contribution in [0.3, 0.4) is 0 Å². The predicted molar refractivity (Wildman–Crippen MR) is 49.5 cm³/mol. The van der Waals surface area contributed by atoms with Crippen molar-refractivity contribution in [1.29, 1.82) is 0 Å². The third-order valence-electron chi connectivity index (χ3n) is 1.24. The van der Waals surface area contributed by atoms with Gasteiger partial charge in [0.25, 0.3) is 0 Å². The van der Waals surface area contributed by atoms with Crippen LogP contribution in [0, 0.1) is 0 Å². The smallest absolute Gasteiger partial charge is 0.328 e. The van der Waals surface area contributed by atoms with Crippen molar-refractivity contribution < 1.29 is 22.7 Å². The molecule has 1 N–H and O–H groups in total. The van der Waals surface area contributed by atoms with Gasteiger partial charge < -0.3 is 9.52 Å². The molecule has 1 aromatic heterocycles. The van der Waals surface area contributed by atoms with Crippen LogP contribution in [-0.2, 0) is 20.4 Å². The molecular weight excluding hydrogens is 224 g/mol. The van der Waals surface area contributed by atoms with Gasteiger partial charge >= 0.3 is 5.97 Å². The number of nitrogens with zero attached hydrogens (tertiary/aromatic N) is 2. The van der Waals surface area contributed by atoms with Crippen molar-refractivity contribution in [2.24, 2.45) is 0 Å². The fourth-order valence-corrected chi connectivity index (χ4v) is 1.32. The minimum Gasteiger partial charge on any atom is -0.478 e. The van der Waals surface area contributed by atoms with Gasteiger partial charge in [0.05, 0.1) is 0 Å². The van der Waals surface area contributed by atoms with Crippen molar-refractivity contribution in [1.82, 2.24) is 10.2 Å². The lowest BCUT2D eigenvalue weighted by Crippen LogP contribution is -2.00. The Morgan fingerprint density at radius 1 is 1.53 bits per heavy atom. The number of rotatable bonds is 4. The van der Waals surface area contributed by atoms with Crippen molar-refractivity contribution in [2.45, 2.75) is 5.75 Å². The van der Waals surface area contributed by atoms with Gasteiger partial charge in [-0.15, -0.1) is 10.2 Å². The Balaban J connectivity index is 2.77. The van der Waals surface area contributed by atoms with Gasteiger partial charge in [0.1, 0.15) is 5.75 Å².